The standard InChI is InChI=1S/C39H63NO5/c1-24(2)25-14-19-39(33(44)40(10)11)21-20-37(8)26(32(25)39)12-13-28-36(7)17-16-29(35(5,6)27(36)15-18-38(28,37)9)45-31(43)23-34(3,4)22-30(41)42/h25-29,32H,1,12-23H2,2-11H3,(H,41,42)/t25-,26?,27?,28?,29-,32?,36-,37+,38+,39-/m0/s1. The lowest BCUT2D eigenvalue weighted by Gasteiger charge is -2.73. The van der Waals surface area contributed by atoms with E-state index >= 15 is 0 Å². The highest BCUT2D eigenvalue weighted by molar-refractivity contribution is 5.83. The van der Waals surface area contributed by atoms with E-state index < -0.39 is 11.4 Å². The Kier molecular flexibility index (Phi) is 8.51. The summed E-state index contributed by atoms with van der Waals surface area (Å²) in [6.45, 7) is 22.8. The molecular weight excluding hydrogens is 562 g/mol. The molecule has 5 saturated carbocycles. The van der Waals surface area contributed by atoms with Crippen molar-refractivity contribution in [2.45, 2.75) is 139 Å². The number of nitrogens with zero attached hydrogens (tertiary/aromatic N) is 1. The Morgan fingerprint density at radius 3 is 2.11 bits per heavy atom. The molecule has 10 atom stereocenters. The molecule has 5 aliphatic carbocycles. The number of aliphatic carboxylic acids is 1. The maximum Gasteiger partial charge on any atom is 0.306 e. The fraction of sp³-hybridized carbons (Fsp3) is 0.872. The van der Waals surface area contributed by atoms with Crippen LogP contribution in [0.4, 0.5) is 0 Å². The van der Waals surface area contributed by atoms with E-state index in [0.29, 0.717) is 35.5 Å². The third-order valence-corrected chi connectivity index (χ3v) is 15.4. The first-order chi connectivity index (χ1) is 20.7. The van der Waals surface area contributed by atoms with Crippen molar-refractivity contribution in [1.29, 1.82) is 0 Å². The number of carboxylic acid groups (broad SMARTS) is 1. The maximum atomic E-state index is 14.0. The highest BCUT2D eigenvalue weighted by Crippen LogP contribution is 2.77. The Labute approximate surface area is 273 Å². The summed E-state index contributed by atoms with van der Waals surface area (Å²) in [5, 5.41) is 9.30. The first-order valence-electron chi connectivity index (χ1n) is 17.9. The summed E-state index contributed by atoms with van der Waals surface area (Å²) in [6, 6.07) is 0. The zero-order chi connectivity index (χ0) is 33.5. The van der Waals surface area contributed by atoms with Crippen LogP contribution in [0.3, 0.4) is 0 Å². The van der Waals surface area contributed by atoms with Crippen LogP contribution in [-0.4, -0.2) is 48.1 Å². The highest BCUT2D eigenvalue weighted by Gasteiger charge is 2.72. The van der Waals surface area contributed by atoms with Gasteiger partial charge in [-0.3, -0.25) is 14.4 Å². The van der Waals surface area contributed by atoms with Crippen molar-refractivity contribution in [3.63, 3.8) is 0 Å². The molecule has 0 aromatic heterocycles. The molecule has 0 radical (unpaired) electrons. The van der Waals surface area contributed by atoms with E-state index in [-0.39, 0.29) is 52.0 Å². The van der Waals surface area contributed by atoms with Gasteiger partial charge in [0.1, 0.15) is 6.10 Å². The van der Waals surface area contributed by atoms with Gasteiger partial charge < -0.3 is 14.7 Å². The summed E-state index contributed by atoms with van der Waals surface area (Å²) in [5.41, 5.74) is 0.756. The molecule has 0 heterocycles. The zero-order valence-corrected chi connectivity index (χ0v) is 30.2. The minimum Gasteiger partial charge on any atom is -0.481 e. The first-order valence-corrected chi connectivity index (χ1v) is 17.9. The van der Waals surface area contributed by atoms with Gasteiger partial charge in [0.15, 0.2) is 0 Å². The van der Waals surface area contributed by atoms with E-state index in [1.807, 2.05) is 32.8 Å². The molecule has 45 heavy (non-hydrogen) atoms. The molecule has 5 aliphatic rings. The maximum absolute atomic E-state index is 14.0. The monoisotopic (exact) mass is 625 g/mol. The first kappa shape index (κ1) is 34.5. The smallest absolute Gasteiger partial charge is 0.306 e. The van der Waals surface area contributed by atoms with Gasteiger partial charge in [-0.25, -0.2) is 0 Å². The molecule has 254 valence electrons. The second-order valence-electron chi connectivity index (χ2n) is 18.8. The summed E-state index contributed by atoms with van der Waals surface area (Å²) in [6.07, 6.45) is 10.8. The molecule has 1 N–H and O–H groups in total. The Balaban J connectivity index is 1.41. The summed E-state index contributed by atoms with van der Waals surface area (Å²) < 4.78 is 6.24. The van der Waals surface area contributed by atoms with E-state index in [0.717, 1.165) is 44.9 Å². The molecule has 4 unspecified atom stereocenters. The summed E-state index contributed by atoms with van der Waals surface area (Å²) in [4.78, 5) is 40.3. The van der Waals surface area contributed by atoms with Crippen molar-refractivity contribution in [3.8, 4) is 0 Å². The molecular formula is C39H63NO5. The number of hydrogen-bond donors (Lipinski definition) is 1. The Morgan fingerprint density at radius 1 is 0.844 bits per heavy atom. The topological polar surface area (TPSA) is 83.9 Å². The van der Waals surface area contributed by atoms with Crippen LogP contribution >= 0.6 is 0 Å². The average molecular weight is 626 g/mol. The van der Waals surface area contributed by atoms with Gasteiger partial charge in [0, 0.05) is 19.5 Å². The van der Waals surface area contributed by atoms with E-state index in [9.17, 15) is 19.5 Å². The Morgan fingerprint density at radius 2 is 1.51 bits per heavy atom. The van der Waals surface area contributed by atoms with Crippen LogP contribution < -0.4 is 0 Å². The number of carbonyl (C=O) groups is 3. The van der Waals surface area contributed by atoms with E-state index in [4.69, 9.17) is 4.74 Å². The minimum atomic E-state index is -0.883. The van der Waals surface area contributed by atoms with Crippen molar-refractivity contribution in [3.05, 3.63) is 12.2 Å². The molecule has 0 aromatic carbocycles. The van der Waals surface area contributed by atoms with Gasteiger partial charge in [-0.2, -0.15) is 0 Å². The van der Waals surface area contributed by atoms with Gasteiger partial charge in [0.05, 0.1) is 18.3 Å². The van der Waals surface area contributed by atoms with Crippen LogP contribution in [0.2, 0.25) is 0 Å². The number of allylic oxidation sites excluding steroid dienone is 1. The Bertz CT molecular complexity index is 1240. The molecule has 6 nitrogen and oxygen atoms in total. The van der Waals surface area contributed by atoms with Crippen molar-refractivity contribution in [2.75, 3.05) is 14.1 Å². The van der Waals surface area contributed by atoms with Crippen LogP contribution in [0.1, 0.15) is 132 Å². The molecule has 5 rings (SSSR count). The van der Waals surface area contributed by atoms with Crippen LogP contribution in [0.25, 0.3) is 0 Å². The number of amides is 1. The molecule has 1 amide bonds. The van der Waals surface area contributed by atoms with E-state index in [2.05, 4.69) is 48.1 Å². The largest absolute Gasteiger partial charge is 0.481 e. The number of carbonyl (C=O) groups excluding carboxylic acids is 2. The summed E-state index contributed by atoms with van der Waals surface area (Å²) in [5.74, 6) is 1.58. The fourth-order valence-electron chi connectivity index (χ4n) is 13.2. The number of esters is 1. The second kappa shape index (κ2) is 11.1. The van der Waals surface area contributed by atoms with Gasteiger partial charge in [-0.1, -0.05) is 60.6 Å². The lowest BCUT2D eigenvalue weighted by atomic mass is 9.32. The van der Waals surface area contributed by atoms with Crippen LogP contribution in [-0.2, 0) is 19.1 Å². The number of hydrogen-bond acceptors (Lipinski definition) is 4. The predicted octanol–water partition coefficient (Wildman–Crippen LogP) is 8.54. The van der Waals surface area contributed by atoms with Gasteiger partial charge in [-0.15, -0.1) is 0 Å². The summed E-state index contributed by atoms with van der Waals surface area (Å²) in [7, 11) is 3.89. The van der Waals surface area contributed by atoms with Gasteiger partial charge in [0.2, 0.25) is 5.91 Å². The predicted molar refractivity (Wildman–Crippen MR) is 178 cm³/mol. The van der Waals surface area contributed by atoms with Crippen LogP contribution in [0, 0.1) is 62.1 Å². The molecule has 0 spiro atoms. The normalized spacial score (nSPS) is 43.6. The van der Waals surface area contributed by atoms with Crippen molar-refractivity contribution in [2.24, 2.45) is 62.1 Å². The second-order valence-corrected chi connectivity index (χ2v) is 18.8. The number of carboxylic acids is 1. The molecule has 5 fully saturated rings. The number of fused-ring (bicyclic) bond motifs is 7. The van der Waals surface area contributed by atoms with Crippen molar-refractivity contribution in [1.82, 2.24) is 4.90 Å². The molecule has 0 aliphatic heterocycles. The lowest BCUT2D eigenvalue weighted by Crippen LogP contribution is -2.67. The quantitative estimate of drug-likeness (QED) is 0.226. The SMILES string of the molecule is C=C(C)[C@@H]1CC[C@]2(C(=O)N(C)C)CC[C@]3(C)C(CCC4[C@@]5(C)CC[C@H](OC(=O)CC(C)(C)CC(=O)O)C(C)(C)C5CC[C@]43C)C12. The Hall–Kier alpha value is -1.85. The third kappa shape index (κ3) is 5.12. The highest BCUT2D eigenvalue weighted by atomic mass is 16.5. The van der Waals surface area contributed by atoms with Crippen molar-refractivity contribution >= 4 is 17.8 Å². The molecule has 6 heteroatoms. The summed E-state index contributed by atoms with van der Waals surface area (Å²) >= 11 is 0. The lowest BCUT2D eigenvalue weighted by molar-refractivity contribution is -0.249. The third-order valence-electron chi connectivity index (χ3n) is 15.4. The zero-order valence-electron chi connectivity index (χ0n) is 30.2. The van der Waals surface area contributed by atoms with Crippen molar-refractivity contribution < 1.29 is 24.2 Å². The van der Waals surface area contributed by atoms with Gasteiger partial charge in [-0.05, 0) is 122 Å². The molecule has 0 saturated heterocycles. The number of ether oxygens (including phenoxy) is 1. The van der Waals surface area contributed by atoms with Crippen LogP contribution in [0.15, 0.2) is 12.2 Å². The molecule has 0 bridgehead atoms. The van der Waals surface area contributed by atoms with Gasteiger partial charge >= 0.3 is 11.9 Å². The van der Waals surface area contributed by atoms with E-state index in [1.165, 1.54) is 24.8 Å². The minimum absolute atomic E-state index is 0.0464. The molecule has 0 aromatic rings. The van der Waals surface area contributed by atoms with Gasteiger partial charge in [0.25, 0.3) is 0 Å². The fourth-order valence-corrected chi connectivity index (χ4v) is 13.2. The number of rotatable bonds is 7. The van der Waals surface area contributed by atoms with E-state index in [1.54, 1.807) is 0 Å². The average Bonchev–Trinajstić information content (AvgIpc) is 3.30. The van der Waals surface area contributed by atoms with Crippen LogP contribution in [0.5, 0.6) is 0 Å².